The predicted octanol–water partition coefficient (Wildman–Crippen LogP) is 5.27. The van der Waals surface area contributed by atoms with Crippen LogP contribution in [-0.4, -0.2) is 12.6 Å². The lowest BCUT2D eigenvalue weighted by Crippen LogP contribution is -2.11. The van der Waals surface area contributed by atoms with Crippen LogP contribution in [0.1, 0.15) is 79.1 Å². The predicted molar refractivity (Wildman–Crippen MR) is 82.2 cm³/mol. The van der Waals surface area contributed by atoms with Gasteiger partial charge in [-0.2, -0.15) is 0 Å². The van der Waals surface area contributed by atoms with E-state index in [-0.39, 0.29) is 5.97 Å². The molecule has 0 aliphatic heterocycles. The van der Waals surface area contributed by atoms with Crippen molar-refractivity contribution in [2.45, 2.75) is 79.1 Å². The zero-order valence-corrected chi connectivity index (χ0v) is 13.3. The van der Waals surface area contributed by atoms with Gasteiger partial charge in [0.15, 0.2) is 0 Å². The number of unbranched alkanes of at least 4 members (excludes halogenated alkanes) is 4. The van der Waals surface area contributed by atoms with E-state index >= 15 is 0 Å². The second-order valence-corrected chi connectivity index (χ2v) is 5.81. The number of carbonyl (C=O) groups excluding carboxylic acids is 1. The van der Waals surface area contributed by atoms with Gasteiger partial charge < -0.3 is 4.74 Å². The molecule has 0 aliphatic rings. The van der Waals surface area contributed by atoms with E-state index in [0.717, 1.165) is 25.7 Å². The van der Waals surface area contributed by atoms with Crippen molar-refractivity contribution in [2.24, 2.45) is 5.92 Å². The smallest absolute Gasteiger partial charge is 0.305 e. The lowest BCUT2D eigenvalue weighted by atomic mass is 10.1. The zero-order chi connectivity index (χ0) is 14.5. The number of hydrogen-bond acceptors (Lipinski definition) is 2. The summed E-state index contributed by atoms with van der Waals surface area (Å²) >= 11 is 0. The fourth-order valence-electron chi connectivity index (χ4n) is 1.92. The van der Waals surface area contributed by atoms with Crippen molar-refractivity contribution in [3.05, 3.63) is 11.6 Å². The quantitative estimate of drug-likeness (QED) is 0.290. The molecule has 0 heterocycles. The average Bonchev–Trinajstić information content (AvgIpc) is 2.35. The Kier molecular flexibility index (Phi) is 11.7. The van der Waals surface area contributed by atoms with E-state index in [0.29, 0.717) is 18.9 Å². The van der Waals surface area contributed by atoms with Gasteiger partial charge in [0.25, 0.3) is 0 Å². The summed E-state index contributed by atoms with van der Waals surface area (Å²) in [7, 11) is 0. The van der Waals surface area contributed by atoms with Crippen molar-refractivity contribution in [3.8, 4) is 0 Å². The summed E-state index contributed by atoms with van der Waals surface area (Å²) in [6.07, 6.45) is 10.9. The summed E-state index contributed by atoms with van der Waals surface area (Å²) in [5.41, 5.74) is 1.36. The van der Waals surface area contributed by atoms with E-state index in [1.807, 2.05) is 0 Å². The van der Waals surface area contributed by atoms with Crippen LogP contribution >= 0.6 is 0 Å². The van der Waals surface area contributed by atoms with Gasteiger partial charge in [0.1, 0.15) is 0 Å². The molecule has 1 unspecified atom stereocenters. The van der Waals surface area contributed by atoms with Crippen LogP contribution in [-0.2, 0) is 9.53 Å². The Morgan fingerprint density at radius 3 is 2.47 bits per heavy atom. The molecule has 0 N–H and O–H groups in total. The first-order valence-corrected chi connectivity index (χ1v) is 7.85. The fourth-order valence-corrected chi connectivity index (χ4v) is 1.92. The van der Waals surface area contributed by atoms with E-state index in [2.05, 4.69) is 33.8 Å². The SMILES string of the molecule is CCCCCCCC(=O)OCC(C)CCC=C(C)C. The fraction of sp³-hybridized carbons (Fsp3) is 0.824. The van der Waals surface area contributed by atoms with Crippen molar-refractivity contribution in [1.82, 2.24) is 0 Å². The molecule has 0 aromatic carbocycles. The minimum absolute atomic E-state index is 0.0226. The highest BCUT2D eigenvalue weighted by atomic mass is 16.5. The first-order valence-electron chi connectivity index (χ1n) is 7.85. The highest BCUT2D eigenvalue weighted by molar-refractivity contribution is 5.69. The molecule has 0 bridgehead atoms. The first kappa shape index (κ1) is 18.2. The van der Waals surface area contributed by atoms with Crippen LogP contribution < -0.4 is 0 Å². The molecule has 0 aliphatic carbocycles. The van der Waals surface area contributed by atoms with Crippen LogP contribution in [0.15, 0.2) is 11.6 Å². The molecule has 0 amide bonds. The molecule has 0 aromatic heterocycles. The third-order valence-corrected chi connectivity index (χ3v) is 3.23. The zero-order valence-electron chi connectivity index (χ0n) is 13.3. The maximum atomic E-state index is 11.5. The van der Waals surface area contributed by atoms with Crippen LogP contribution in [0.4, 0.5) is 0 Å². The summed E-state index contributed by atoms with van der Waals surface area (Å²) in [5.74, 6) is 0.435. The van der Waals surface area contributed by atoms with Crippen molar-refractivity contribution < 1.29 is 9.53 Å². The lowest BCUT2D eigenvalue weighted by Gasteiger charge is -2.11. The van der Waals surface area contributed by atoms with Gasteiger partial charge >= 0.3 is 5.97 Å². The molecule has 0 radical (unpaired) electrons. The minimum atomic E-state index is -0.0226. The minimum Gasteiger partial charge on any atom is -0.465 e. The van der Waals surface area contributed by atoms with Crippen LogP contribution in [0.3, 0.4) is 0 Å². The standard InChI is InChI=1S/C17H32O2/c1-5-6-7-8-9-13-17(18)19-14-16(4)12-10-11-15(2)3/h11,16H,5-10,12-14H2,1-4H3. The molecule has 0 fully saturated rings. The lowest BCUT2D eigenvalue weighted by molar-refractivity contribution is -0.145. The van der Waals surface area contributed by atoms with E-state index < -0.39 is 0 Å². The van der Waals surface area contributed by atoms with E-state index in [1.54, 1.807) is 0 Å². The van der Waals surface area contributed by atoms with Gasteiger partial charge in [-0.3, -0.25) is 4.79 Å². The number of rotatable bonds is 11. The highest BCUT2D eigenvalue weighted by Gasteiger charge is 2.06. The van der Waals surface area contributed by atoms with Crippen molar-refractivity contribution in [3.63, 3.8) is 0 Å². The molecule has 0 saturated heterocycles. The molecular weight excluding hydrogens is 236 g/mol. The van der Waals surface area contributed by atoms with Gasteiger partial charge in [0.2, 0.25) is 0 Å². The van der Waals surface area contributed by atoms with E-state index in [1.165, 1.54) is 24.8 Å². The van der Waals surface area contributed by atoms with E-state index in [4.69, 9.17) is 4.74 Å². The molecule has 0 aromatic rings. The molecule has 1 atom stereocenters. The summed E-state index contributed by atoms with van der Waals surface area (Å²) < 4.78 is 5.31. The van der Waals surface area contributed by atoms with E-state index in [9.17, 15) is 4.79 Å². The third kappa shape index (κ3) is 13.4. The number of carbonyl (C=O) groups is 1. The number of allylic oxidation sites excluding steroid dienone is 2. The Morgan fingerprint density at radius 1 is 1.16 bits per heavy atom. The van der Waals surface area contributed by atoms with Crippen LogP contribution in [0.2, 0.25) is 0 Å². The second-order valence-electron chi connectivity index (χ2n) is 5.81. The number of esters is 1. The summed E-state index contributed by atoms with van der Waals surface area (Å²) in [5, 5.41) is 0. The molecule has 112 valence electrons. The van der Waals surface area contributed by atoms with Crippen LogP contribution in [0.5, 0.6) is 0 Å². The van der Waals surface area contributed by atoms with Gasteiger partial charge in [0, 0.05) is 6.42 Å². The molecule has 0 spiro atoms. The van der Waals surface area contributed by atoms with Gasteiger partial charge in [-0.15, -0.1) is 0 Å². The molecule has 0 saturated carbocycles. The second kappa shape index (κ2) is 12.3. The molecular formula is C17H32O2. The first-order chi connectivity index (χ1) is 9.06. The molecule has 2 heteroatoms. The topological polar surface area (TPSA) is 26.3 Å². The Bertz CT molecular complexity index is 252. The highest BCUT2D eigenvalue weighted by Crippen LogP contribution is 2.10. The maximum absolute atomic E-state index is 11.5. The summed E-state index contributed by atoms with van der Waals surface area (Å²) in [6.45, 7) is 9.15. The van der Waals surface area contributed by atoms with Crippen LogP contribution in [0.25, 0.3) is 0 Å². The summed E-state index contributed by atoms with van der Waals surface area (Å²) in [6, 6.07) is 0. The summed E-state index contributed by atoms with van der Waals surface area (Å²) in [4.78, 5) is 11.5. The molecule has 19 heavy (non-hydrogen) atoms. The van der Waals surface area contributed by atoms with Crippen molar-refractivity contribution >= 4 is 5.97 Å². The Balaban J connectivity index is 3.47. The molecule has 0 rings (SSSR count). The number of hydrogen-bond donors (Lipinski definition) is 0. The van der Waals surface area contributed by atoms with Crippen molar-refractivity contribution in [2.75, 3.05) is 6.61 Å². The Labute approximate surface area is 119 Å². The number of ether oxygens (including phenoxy) is 1. The van der Waals surface area contributed by atoms with Gasteiger partial charge in [0.05, 0.1) is 6.61 Å². The van der Waals surface area contributed by atoms with Gasteiger partial charge in [-0.05, 0) is 39.0 Å². The largest absolute Gasteiger partial charge is 0.465 e. The molecule has 2 nitrogen and oxygen atoms in total. The normalized spacial score (nSPS) is 12.0. The van der Waals surface area contributed by atoms with Gasteiger partial charge in [-0.1, -0.05) is 51.2 Å². The third-order valence-electron chi connectivity index (χ3n) is 3.23. The van der Waals surface area contributed by atoms with Gasteiger partial charge in [-0.25, -0.2) is 0 Å². The maximum Gasteiger partial charge on any atom is 0.305 e. The average molecular weight is 268 g/mol. The Hall–Kier alpha value is -0.790. The Morgan fingerprint density at radius 2 is 1.84 bits per heavy atom. The van der Waals surface area contributed by atoms with Crippen LogP contribution in [0, 0.1) is 5.92 Å². The van der Waals surface area contributed by atoms with Crippen molar-refractivity contribution in [1.29, 1.82) is 0 Å². The monoisotopic (exact) mass is 268 g/mol.